The van der Waals surface area contributed by atoms with E-state index in [4.69, 9.17) is 4.74 Å². The SMILES string of the molecule is C=NN1CCOC/C1=C(/CC(=O)N1CCN(c2nc(C)cc(C)n2)CC[C@H]1C)c1ccccc1. The number of nitrogens with zero attached hydrogens (tertiary/aromatic N) is 6. The molecule has 1 atom stereocenters. The molecule has 2 saturated heterocycles. The summed E-state index contributed by atoms with van der Waals surface area (Å²) in [4.78, 5) is 27.1. The van der Waals surface area contributed by atoms with Gasteiger partial charge in [-0.2, -0.15) is 5.10 Å². The molecule has 2 fully saturated rings. The molecule has 0 N–H and O–H groups in total. The second-order valence-corrected chi connectivity index (χ2v) is 8.95. The van der Waals surface area contributed by atoms with E-state index in [0.29, 0.717) is 39.3 Å². The molecule has 4 rings (SSSR count). The number of amides is 1. The Morgan fingerprint density at radius 2 is 1.85 bits per heavy atom. The number of carbonyl (C=O) groups is 1. The molecule has 34 heavy (non-hydrogen) atoms. The zero-order valence-electron chi connectivity index (χ0n) is 20.4. The molecule has 0 bridgehead atoms. The van der Waals surface area contributed by atoms with Gasteiger partial charge in [0, 0.05) is 43.8 Å². The van der Waals surface area contributed by atoms with Gasteiger partial charge in [-0.15, -0.1) is 0 Å². The monoisotopic (exact) mass is 462 g/mol. The van der Waals surface area contributed by atoms with E-state index in [1.54, 1.807) is 0 Å². The van der Waals surface area contributed by atoms with E-state index in [0.717, 1.165) is 47.1 Å². The molecule has 0 spiro atoms. The van der Waals surface area contributed by atoms with E-state index in [-0.39, 0.29) is 11.9 Å². The van der Waals surface area contributed by atoms with Gasteiger partial charge >= 0.3 is 0 Å². The Morgan fingerprint density at radius 3 is 2.56 bits per heavy atom. The number of morpholine rings is 1. The van der Waals surface area contributed by atoms with Crippen LogP contribution in [-0.4, -0.2) is 77.9 Å². The lowest BCUT2D eigenvalue weighted by atomic mass is 9.98. The average molecular weight is 463 g/mol. The minimum Gasteiger partial charge on any atom is -0.373 e. The zero-order chi connectivity index (χ0) is 24.1. The van der Waals surface area contributed by atoms with Crippen molar-refractivity contribution < 1.29 is 9.53 Å². The van der Waals surface area contributed by atoms with E-state index in [2.05, 4.69) is 33.6 Å². The molecule has 2 aliphatic rings. The van der Waals surface area contributed by atoms with E-state index >= 15 is 0 Å². The van der Waals surface area contributed by atoms with Crippen LogP contribution in [0.4, 0.5) is 5.95 Å². The van der Waals surface area contributed by atoms with E-state index < -0.39 is 0 Å². The Labute approximate surface area is 201 Å². The van der Waals surface area contributed by atoms with Gasteiger partial charge in [-0.25, -0.2) is 9.97 Å². The summed E-state index contributed by atoms with van der Waals surface area (Å²) < 4.78 is 5.73. The van der Waals surface area contributed by atoms with Crippen LogP contribution in [0.1, 0.15) is 36.7 Å². The smallest absolute Gasteiger partial charge is 0.227 e. The largest absolute Gasteiger partial charge is 0.373 e. The standard InChI is InChI=1S/C26H34N6O2/c1-19-16-20(2)29-26(28-19)30-11-10-21(3)31(13-12-30)25(33)17-23(22-8-6-5-7-9-22)24-18-34-15-14-32(24)27-4/h5-9,16,21H,4,10-15,17-18H2,1-3H3/b24-23+/t21-/m1/s1. The summed E-state index contributed by atoms with van der Waals surface area (Å²) in [6, 6.07) is 12.1. The van der Waals surface area contributed by atoms with Crippen molar-refractivity contribution in [1.82, 2.24) is 19.9 Å². The molecule has 0 radical (unpaired) electrons. The van der Waals surface area contributed by atoms with Gasteiger partial charge in [0.25, 0.3) is 0 Å². The Kier molecular flexibility index (Phi) is 7.57. The van der Waals surface area contributed by atoms with Crippen LogP contribution in [-0.2, 0) is 9.53 Å². The van der Waals surface area contributed by atoms with Crippen molar-refractivity contribution in [1.29, 1.82) is 0 Å². The van der Waals surface area contributed by atoms with E-state index in [9.17, 15) is 4.79 Å². The number of carbonyl (C=O) groups excluding carboxylic acids is 1. The molecule has 0 saturated carbocycles. The maximum absolute atomic E-state index is 13.7. The summed E-state index contributed by atoms with van der Waals surface area (Å²) in [5, 5.41) is 6.05. The van der Waals surface area contributed by atoms with Crippen molar-refractivity contribution >= 4 is 24.1 Å². The third-order valence-corrected chi connectivity index (χ3v) is 6.50. The number of hydrazone groups is 1. The van der Waals surface area contributed by atoms with Crippen molar-refractivity contribution in [3.05, 3.63) is 59.0 Å². The van der Waals surface area contributed by atoms with Crippen LogP contribution in [0.25, 0.3) is 5.57 Å². The normalized spacial score (nSPS) is 20.7. The van der Waals surface area contributed by atoms with Gasteiger partial charge in [-0.05, 0) is 44.4 Å². The molecule has 2 aromatic rings. The number of anilines is 1. The molecular weight excluding hydrogens is 428 g/mol. The fourth-order valence-electron chi connectivity index (χ4n) is 4.67. The lowest BCUT2D eigenvalue weighted by molar-refractivity contribution is -0.131. The van der Waals surface area contributed by atoms with Gasteiger partial charge in [0.1, 0.15) is 0 Å². The Bertz CT molecular complexity index is 1030. The number of aryl methyl sites for hydroxylation is 2. The van der Waals surface area contributed by atoms with Gasteiger partial charge in [0.2, 0.25) is 11.9 Å². The molecule has 1 amide bonds. The highest BCUT2D eigenvalue weighted by atomic mass is 16.5. The lowest BCUT2D eigenvalue weighted by Gasteiger charge is -2.31. The van der Waals surface area contributed by atoms with Gasteiger partial charge in [0.05, 0.1) is 31.9 Å². The van der Waals surface area contributed by atoms with Crippen molar-refractivity contribution in [2.75, 3.05) is 44.3 Å². The predicted octanol–water partition coefficient (Wildman–Crippen LogP) is 3.27. The third-order valence-electron chi connectivity index (χ3n) is 6.50. The fraction of sp³-hybridized carbons (Fsp3) is 0.462. The second kappa shape index (κ2) is 10.8. The topological polar surface area (TPSA) is 74.2 Å². The first-order chi connectivity index (χ1) is 16.5. The first-order valence-electron chi connectivity index (χ1n) is 11.9. The summed E-state index contributed by atoms with van der Waals surface area (Å²) in [5.74, 6) is 0.856. The maximum Gasteiger partial charge on any atom is 0.227 e. The number of ether oxygens (including phenoxy) is 1. The molecule has 180 valence electrons. The second-order valence-electron chi connectivity index (χ2n) is 8.95. The minimum absolute atomic E-state index is 0.108. The van der Waals surface area contributed by atoms with Crippen LogP contribution < -0.4 is 4.90 Å². The summed E-state index contributed by atoms with van der Waals surface area (Å²) in [6.07, 6.45) is 1.15. The highest BCUT2D eigenvalue weighted by molar-refractivity contribution is 5.90. The van der Waals surface area contributed by atoms with E-state index in [1.807, 2.05) is 60.2 Å². The Hall–Kier alpha value is -3.26. The van der Waals surface area contributed by atoms with Gasteiger partial charge < -0.3 is 14.5 Å². The molecule has 2 aliphatic heterocycles. The molecule has 1 aromatic carbocycles. The highest BCUT2D eigenvalue weighted by Gasteiger charge is 2.29. The number of benzene rings is 1. The summed E-state index contributed by atoms with van der Waals surface area (Å²) in [6.45, 7) is 13.6. The van der Waals surface area contributed by atoms with Crippen LogP contribution in [0, 0.1) is 13.8 Å². The molecule has 8 nitrogen and oxygen atoms in total. The zero-order valence-corrected chi connectivity index (χ0v) is 20.4. The maximum atomic E-state index is 13.7. The van der Waals surface area contributed by atoms with Crippen LogP contribution in [0.15, 0.2) is 47.2 Å². The summed E-state index contributed by atoms with van der Waals surface area (Å²) in [7, 11) is 0. The number of aromatic nitrogens is 2. The Balaban J connectivity index is 1.56. The molecule has 3 heterocycles. The Morgan fingerprint density at radius 1 is 1.12 bits per heavy atom. The molecule has 0 aliphatic carbocycles. The molecule has 0 unspecified atom stereocenters. The highest BCUT2D eigenvalue weighted by Crippen LogP contribution is 2.29. The van der Waals surface area contributed by atoms with Crippen molar-refractivity contribution in [2.24, 2.45) is 5.10 Å². The van der Waals surface area contributed by atoms with Crippen LogP contribution in [0.3, 0.4) is 0 Å². The van der Waals surface area contributed by atoms with Crippen molar-refractivity contribution in [3.8, 4) is 0 Å². The lowest BCUT2D eigenvalue weighted by Crippen LogP contribution is -2.40. The van der Waals surface area contributed by atoms with Crippen molar-refractivity contribution in [2.45, 2.75) is 39.7 Å². The average Bonchev–Trinajstić information content (AvgIpc) is 3.04. The number of hydrogen-bond donors (Lipinski definition) is 0. The van der Waals surface area contributed by atoms with Crippen LogP contribution >= 0.6 is 0 Å². The van der Waals surface area contributed by atoms with Gasteiger partial charge in [0.15, 0.2) is 0 Å². The molecular formula is C26H34N6O2. The van der Waals surface area contributed by atoms with Gasteiger partial charge in [-0.3, -0.25) is 9.80 Å². The number of rotatable bonds is 5. The third kappa shape index (κ3) is 5.44. The first kappa shape index (κ1) is 23.9. The number of hydrogen-bond acceptors (Lipinski definition) is 7. The van der Waals surface area contributed by atoms with Crippen LogP contribution in [0.2, 0.25) is 0 Å². The quantitative estimate of drug-likeness (QED) is 0.635. The molecule has 8 heteroatoms. The van der Waals surface area contributed by atoms with Crippen molar-refractivity contribution in [3.63, 3.8) is 0 Å². The first-order valence-corrected chi connectivity index (χ1v) is 11.9. The predicted molar refractivity (Wildman–Crippen MR) is 135 cm³/mol. The fourth-order valence-corrected chi connectivity index (χ4v) is 4.67. The molecule has 1 aromatic heterocycles. The van der Waals surface area contributed by atoms with Gasteiger partial charge in [-0.1, -0.05) is 30.3 Å². The minimum atomic E-state index is 0.108. The summed E-state index contributed by atoms with van der Waals surface area (Å²) >= 11 is 0. The summed E-state index contributed by atoms with van der Waals surface area (Å²) in [5.41, 5.74) is 4.79. The van der Waals surface area contributed by atoms with Crippen LogP contribution in [0.5, 0.6) is 0 Å². The van der Waals surface area contributed by atoms with E-state index in [1.165, 1.54) is 0 Å².